The van der Waals surface area contributed by atoms with Crippen molar-refractivity contribution in [2.45, 2.75) is 38.8 Å². The molecular weight excluding hydrogens is 320 g/mol. The number of amides is 1. The molecule has 1 atom stereocenters. The number of aryl methyl sites for hydroxylation is 3. The molecule has 2 aromatic heterocycles. The third kappa shape index (κ3) is 2.79. The summed E-state index contributed by atoms with van der Waals surface area (Å²) >= 11 is 0. The molecular formula is C15H19F2N5O2. The van der Waals surface area contributed by atoms with Crippen LogP contribution in [0.15, 0.2) is 4.79 Å². The van der Waals surface area contributed by atoms with Gasteiger partial charge in [-0.05, 0) is 25.0 Å². The molecule has 3 N–H and O–H groups in total. The van der Waals surface area contributed by atoms with Crippen molar-refractivity contribution in [3.63, 3.8) is 0 Å². The number of hydrogen-bond acceptors (Lipinski definition) is 4. The molecule has 0 bridgehead atoms. The summed E-state index contributed by atoms with van der Waals surface area (Å²) < 4.78 is 27.9. The summed E-state index contributed by atoms with van der Waals surface area (Å²) in [4.78, 5) is 28.5. The van der Waals surface area contributed by atoms with Gasteiger partial charge in [-0.15, -0.1) is 0 Å². The second kappa shape index (κ2) is 5.66. The van der Waals surface area contributed by atoms with Gasteiger partial charge >= 0.3 is 0 Å². The molecule has 1 fully saturated rings. The number of rotatable bonds is 3. The van der Waals surface area contributed by atoms with Crippen LogP contribution in [0.25, 0.3) is 11.0 Å². The number of fused-ring (bicyclic) bond motifs is 1. The van der Waals surface area contributed by atoms with Gasteiger partial charge in [0, 0.05) is 25.7 Å². The highest BCUT2D eigenvalue weighted by molar-refractivity contribution is 5.83. The quantitative estimate of drug-likeness (QED) is 0.759. The molecule has 3 rings (SSSR count). The minimum absolute atomic E-state index is 0.136. The molecule has 7 nitrogen and oxygen atoms in total. The predicted molar refractivity (Wildman–Crippen MR) is 84.0 cm³/mol. The lowest BCUT2D eigenvalue weighted by atomic mass is 10.0. The van der Waals surface area contributed by atoms with E-state index in [9.17, 15) is 18.4 Å². The van der Waals surface area contributed by atoms with E-state index in [1.807, 2.05) is 0 Å². The Hall–Kier alpha value is -2.29. The van der Waals surface area contributed by atoms with Gasteiger partial charge in [-0.2, -0.15) is 0 Å². The zero-order valence-corrected chi connectivity index (χ0v) is 13.7. The average Bonchev–Trinajstić information content (AvgIpc) is 2.98. The van der Waals surface area contributed by atoms with Crippen molar-refractivity contribution in [3.05, 3.63) is 27.2 Å². The van der Waals surface area contributed by atoms with Gasteiger partial charge < -0.3 is 5.32 Å². The van der Waals surface area contributed by atoms with E-state index in [0.717, 1.165) is 11.1 Å². The van der Waals surface area contributed by atoms with E-state index < -0.39 is 30.8 Å². The Balaban J connectivity index is 1.82. The van der Waals surface area contributed by atoms with E-state index >= 15 is 0 Å². The van der Waals surface area contributed by atoms with Crippen molar-refractivity contribution in [2.75, 3.05) is 6.54 Å². The highest BCUT2D eigenvalue weighted by Gasteiger charge is 2.42. The first-order chi connectivity index (χ1) is 11.2. The molecule has 1 aliphatic heterocycles. The van der Waals surface area contributed by atoms with Crippen molar-refractivity contribution in [2.24, 2.45) is 7.05 Å². The van der Waals surface area contributed by atoms with E-state index in [-0.39, 0.29) is 12.1 Å². The maximum Gasteiger partial charge on any atom is 0.273 e. The number of carbonyl (C=O) groups is 1. The highest BCUT2D eigenvalue weighted by Crippen LogP contribution is 2.25. The Morgan fingerprint density at radius 3 is 2.79 bits per heavy atom. The first-order valence-electron chi connectivity index (χ1n) is 7.63. The molecule has 9 heteroatoms. The van der Waals surface area contributed by atoms with Crippen LogP contribution in [-0.2, 0) is 18.4 Å². The molecule has 24 heavy (non-hydrogen) atoms. The van der Waals surface area contributed by atoms with Crippen molar-refractivity contribution >= 4 is 16.9 Å². The van der Waals surface area contributed by atoms with Gasteiger partial charge in [-0.1, -0.05) is 0 Å². The van der Waals surface area contributed by atoms with Crippen LogP contribution in [0.1, 0.15) is 23.2 Å². The zero-order valence-electron chi connectivity index (χ0n) is 13.7. The summed E-state index contributed by atoms with van der Waals surface area (Å²) in [5.74, 6) is -3.33. The standard InChI is InChI=1S/C15H19F2N5O2/c1-7-9(5-18-13(23)10-4-15(16,17)6-19-10)8(2)20-12-11(7)14(24)21-22(12)3/h10,19H,4-6H2,1-3H3,(H,18,23)(H,21,24). The van der Waals surface area contributed by atoms with Crippen molar-refractivity contribution in [3.8, 4) is 0 Å². The lowest BCUT2D eigenvalue weighted by Crippen LogP contribution is -2.40. The second-order valence-corrected chi connectivity index (χ2v) is 6.21. The Kier molecular flexibility index (Phi) is 3.90. The molecule has 0 aliphatic carbocycles. The summed E-state index contributed by atoms with van der Waals surface area (Å²) in [7, 11) is 1.70. The molecule has 0 spiro atoms. The monoisotopic (exact) mass is 339 g/mol. The fourth-order valence-electron chi connectivity index (χ4n) is 3.11. The number of halogens is 2. The predicted octanol–water partition coefficient (Wildman–Crippen LogP) is 0.492. The van der Waals surface area contributed by atoms with Gasteiger partial charge in [0.05, 0.1) is 18.0 Å². The SMILES string of the molecule is Cc1nc2c(c(C)c1CNC(=O)C1CC(F)(F)CN1)c(=O)[nH]n2C. The summed E-state index contributed by atoms with van der Waals surface area (Å²) in [6, 6.07) is -0.905. The van der Waals surface area contributed by atoms with Crippen LogP contribution in [0, 0.1) is 13.8 Å². The van der Waals surface area contributed by atoms with Crippen molar-refractivity contribution in [1.82, 2.24) is 25.4 Å². The number of aromatic amines is 1. The highest BCUT2D eigenvalue weighted by atomic mass is 19.3. The van der Waals surface area contributed by atoms with E-state index in [1.54, 1.807) is 25.6 Å². The molecule has 1 amide bonds. The first kappa shape index (κ1) is 16.6. The largest absolute Gasteiger partial charge is 0.351 e. The van der Waals surface area contributed by atoms with E-state index in [4.69, 9.17) is 0 Å². The topological polar surface area (TPSA) is 91.8 Å². The Labute approximate surface area is 136 Å². The molecule has 130 valence electrons. The maximum absolute atomic E-state index is 13.2. The molecule has 0 radical (unpaired) electrons. The fraction of sp³-hybridized carbons (Fsp3) is 0.533. The first-order valence-corrected chi connectivity index (χ1v) is 7.63. The van der Waals surface area contributed by atoms with E-state index in [1.165, 1.54) is 0 Å². The molecule has 1 aliphatic rings. The number of carbonyl (C=O) groups excluding carboxylic acids is 1. The summed E-state index contributed by atoms with van der Waals surface area (Å²) in [6.45, 7) is 3.22. The van der Waals surface area contributed by atoms with Crippen LogP contribution in [0.4, 0.5) is 8.78 Å². The van der Waals surface area contributed by atoms with Gasteiger partial charge in [0.25, 0.3) is 11.5 Å². The van der Waals surface area contributed by atoms with Gasteiger partial charge in [-0.3, -0.25) is 24.7 Å². The molecule has 1 saturated heterocycles. The number of alkyl halides is 2. The Bertz CT molecular complexity index is 871. The van der Waals surface area contributed by atoms with Gasteiger partial charge in [0.2, 0.25) is 5.91 Å². The second-order valence-electron chi connectivity index (χ2n) is 6.21. The Morgan fingerprint density at radius 2 is 2.17 bits per heavy atom. The molecule has 0 saturated carbocycles. The normalized spacial score (nSPS) is 19.8. The minimum atomic E-state index is -2.86. The van der Waals surface area contributed by atoms with Crippen molar-refractivity contribution < 1.29 is 13.6 Å². The number of hydrogen-bond donors (Lipinski definition) is 3. The van der Waals surface area contributed by atoms with Crippen LogP contribution in [0.3, 0.4) is 0 Å². The van der Waals surface area contributed by atoms with Crippen LogP contribution in [-0.4, -0.2) is 39.2 Å². The van der Waals surface area contributed by atoms with Crippen LogP contribution >= 0.6 is 0 Å². The summed E-state index contributed by atoms with van der Waals surface area (Å²) in [5, 5.41) is 8.29. The number of H-pyrrole nitrogens is 1. The summed E-state index contributed by atoms with van der Waals surface area (Å²) in [5.41, 5.74) is 2.42. The van der Waals surface area contributed by atoms with Crippen LogP contribution < -0.4 is 16.2 Å². The zero-order chi connectivity index (χ0) is 17.6. The summed E-state index contributed by atoms with van der Waals surface area (Å²) in [6.07, 6.45) is -0.508. The Morgan fingerprint density at radius 1 is 1.46 bits per heavy atom. The van der Waals surface area contributed by atoms with E-state index in [0.29, 0.717) is 16.7 Å². The van der Waals surface area contributed by atoms with Gasteiger partial charge in [0.1, 0.15) is 0 Å². The van der Waals surface area contributed by atoms with Crippen LogP contribution in [0.2, 0.25) is 0 Å². The number of nitrogens with one attached hydrogen (secondary N) is 3. The maximum atomic E-state index is 13.2. The van der Waals surface area contributed by atoms with Gasteiger partial charge in [-0.25, -0.2) is 13.8 Å². The third-order valence-electron chi connectivity index (χ3n) is 4.44. The molecule has 0 aromatic carbocycles. The molecule has 2 aromatic rings. The van der Waals surface area contributed by atoms with Crippen molar-refractivity contribution in [1.29, 1.82) is 0 Å². The third-order valence-corrected chi connectivity index (χ3v) is 4.44. The average molecular weight is 339 g/mol. The smallest absolute Gasteiger partial charge is 0.273 e. The lowest BCUT2D eigenvalue weighted by molar-refractivity contribution is -0.123. The van der Waals surface area contributed by atoms with E-state index in [2.05, 4.69) is 20.7 Å². The minimum Gasteiger partial charge on any atom is -0.351 e. The van der Waals surface area contributed by atoms with Crippen LogP contribution in [0.5, 0.6) is 0 Å². The number of aromatic nitrogens is 3. The molecule has 1 unspecified atom stereocenters. The molecule has 3 heterocycles. The lowest BCUT2D eigenvalue weighted by Gasteiger charge is -2.14. The number of pyridine rings is 1. The fourth-order valence-corrected chi connectivity index (χ4v) is 3.11. The number of nitrogens with zero attached hydrogens (tertiary/aromatic N) is 2. The van der Waals surface area contributed by atoms with Gasteiger partial charge in [0.15, 0.2) is 5.65 Å².